The van der Waals surface area contributed by atoms with E-state index < -0.39 is 0 Å². The van der Waals surface area contributed by atoms with Crippen LogP contribution in [0.1, 0.15) is 0 Å². The molecule has 90 valence electrons. The van der Waals surface area contributed by atoms with Gasteiger partial charge in [-0.05, 0) is 11.6 Å². The molecular weight excluding hydrogens is 224 g/mol. The van der Waals surface area contributed by atoms with E-state index in [0.717, 1.165) is 16.8 Å². The van der Waals surface area contributed by atoms with E-state index in [0.29, 0.717) is 6.54 Å². The van der Waals surface area contributed by atoms with Crippen LogP contribution in [-0.2, 0) is 4.79 Å². The SMILES string of the molecule is NC1CN(c2ccccc2-c2ccccc2)C1=O. The molecule has 3 rings (SSSR count). The van der Waals surface area contributed by atoms with E-state index >= 15 is 0 Å². The van der Waals surface area contributed by atoms with Crippen LogP contribution in [0.15, 0.2) is 54.6 Å². The van der Waals surface area contributed by atoms with E-state index in [9.17, 15) is 4.79 Å². The van der Waals surface area contributed by atoms with Crippen molar-refractivity contribution in [2.24, 2.45) is 5.73 Å². The number of hydrogen-bond acceptors (Lipinski definition) is 2. The van der Waals surface area contributed by atoms with Gasteiger partial charge in [0.1, 0.15) is 6.04 Å². The van der Waals surface area contributed by atoms with Crippen LogP contribution < -0.4 is 10.6 Å². The van der Waals surface area contributed by atoms with Gasteiger partial charge in [-0.3, -0.25) is 4.79 Å². The van der Waals surface area contributed by atoms with Crippen molar-refractivity contribution in [2.75, 3.05) is 11.4 Å². The van der Waals surface area contributed by atoms with Crippen molar-refractivity contribution >= 4 is 11.6 Å². The lowest BCUT2D eigenvalue weighted by Crippen LogP contribution is -2.61. The molecule has 1 aliphatic heterocycles. The molecule has 1 fully saturated rings. The van der Waals surface area contributed by atoms with Crippen LogP contribution in [0.5, 0.6) is 0 Å². The zero-order valence-electron chi connectivity index (χ0n) is 9.91. The van der Waals surface area contributed by atoms with Gasteiger partial charge in [-0.25, -0.2) is 0 Å². The molecule has 1 saturated heterocycles. The molecule has 3 heteroatoms. The second-order valence-corrected chi connectivity index (χ2v) is 4.44. The first-order chi connectivity index (χ1) is 8.77. The number of rotatable bonds is 2. The lowest BCUT2D eigenvalue weighted by atomic mass is 9.99. The maximum atomic E-state index is 11.7. The van der Waals surface area contributed by atoms with E-state index in [1.165, 1.54) is 0 Å². The Balaban J connectivity index is 2.04. The van der Waals surface area contributed by atoms with E-state index in [-0.39, 0.29) is 11.9 Å². The van der Waals surface area contributed by atoms with Gasteiger partial charge in [0.25, 0.3) is 0 Å². The van der Waals surface area contributed by atoms with E-state index in [1.54, 1.807) is 4.90 Å². The molecule has 0 saturated carbocycles. The summed E-state index contributed by atoms with van der Waals surface area (Å²) < 4.78 is 0. The maximum absolute atomic E-state index is 11.7. The first-order valence-electron chi connectivity index (χ1n) is 5.99. The Bertz CT molecular complexity index is 580. The number of carbonyl (C=O) groups is 1. The molecule has 0 aliphatic carbocycles. The van der Waals surface area contributed by atoms with Gasteiger partial charge in [0.15, 0.2) is 0 Å². The summed E-state index contributed by atoms with van der Waals surface area (Å²) in [5.41, 5.74) is 8.77. The predicted molar refractivity (Wildman–Crippen MR) is 72.2 cm³/mol. The molecule has 0 bridgehead atoms. The number of β-lactam (4-membered cyclic amide) rings is 1. The molecule has 2 N–H and O–H groups in total. The number of nitrogens with zero attached hydrogens (tertiary/aromatic N) is 1. The van der Waals surface area contributed by atoms with Gasteiger partial charge in [-0.2, -0.15) is 0 Å². The van der Waals surface area contributed by atoms with Gasteiger partial charge >= 0.3 is 0 Å². The number of anilines is 1. The van der Waals surface area contributed by atoms with Crippen LogP contribution in [0.4, 0.5) is 5.69 Å². The topological polar surface area (TPSA) is 46.3 Å². The molecular formula is C15H14N2O. The smallest absolute Gasteiger partial charge is 0.245 e. The maximum Gasteiger partial charge on any atom is 0.245 e. The monoisotopic (exact) mass is 238 g/mol. The molecule has 1 atom stereocenters. The molecule has 3 nitrogen and oxygen atoms in total. The first-order valence-corrected chi connectivity index (χ1v) is 5.99. The summed E-state index contributed by atoms with van der Waals surface area (Å²) in [6.45, 7) is 0.600. The molecule has 0 spiro atoms. The van der Waals surface area contributed by atoms with Crippen LogP contribution >= 0.6 is 0 Å². The van der Waals surface area contributed by atoms with Crippen LogP contribution in [0, 0.1) is 0 Å². The summed E-state index contributed by atoms with van der Waals surface area (Å²) >= 11 is 0. The van der Waals surface area contributed by atoms with Crippen LogP contribution in [0.25, 0.3) is 11.1 Å². The Hall–Kier alpha value is -2.13. The minimum atomic E-state index is -0.339. The average Bonchev–Trinajstić information content (AvgIpc) is 2.45. The fourth-order valence-electron chi connectivity index (χ4n) is 2.24. The van der Waals surface area contributed by atoms with Crippen molar-refractivity contribution in [3.05, 3.63) is 54.6 Å². The van der Waals surface area contributed by atoms with E-state index in [2.05, 4.69) is 0 Å². The van der Waals surface area contributed by atoms with Crippen molar-refractivity contribution in [1.82, 2.24) is 0 Å². The standard InChI is InChI=1S/C15H14N2O/c16-13-10-17(15(13)18)14-9-5-4-8-12(14)11-6-2-1-3-7-11/h1-9,13H,10,16H2. The molecule has 1 amide bonds. The van der Waals surface area contributed by atoms with Gasteiger partial charge < -0.3 is 10.6 Å². The minimum Gasteiger partial charge on any atom is -0.318 e. The summed E-state index contributed by atoms with van der Waals surface area (Å²) in [7, 11) is 0. The van der Waals surface area contributed by atoms with Gasteiger partial charge in [0.05, 0.1) is 12.2 Å². The predicted octanol–water partition coefficient (Wildman–Crippen LogP) is 2.03. The summed E-state index contributed by atoms with van der Waals surface area (Å²) in [5.74, 6) is -0.00150. The van der Waals surface area contributed by atoms with Crippen LogP contribution in [0.2, 0.25) is 0 Å². The summed E-state index contributed by atoms with van der Waals surface area (Å²) in [5, 5.41) is 0. The van der Waals surface area contributed by atoms with Crippen molar-refractivity contribution in [2.45, 2.75) is 6.04 Å². The zero-order valence-corrected chi connectivity index (χ0v) is 9.91. The highest BCUT2D eigenvalue weighted by atomic mass is 16.2. The van der Waals surface area contributed by atoms with Crippen molar-refractivity contribution in [3.8, 4) is 11.1 Å². The number of para-hydroxylation sites is 1. The summed E-state index contributed by atoms with van der Waals surface area (Å²) in [6, 6.07) is 17.6. The van der Waals surface area contributed by atoms with E-state index in [4.69, 9.17) is 5.73 Å². The van der Waals surface area contributed by atoms with Crippen LogP contribution in [0.3, 0.4) is 0 Å². The summed E-state index contributed by atoms with van der Waals surface area (Å²) in [4.78, 5) is 13.5. The highest BCUT2D eigenvalue weighted by molar-refractivity contribution is 6.06. The third-order valence-corrected chi connectivity index (χ3v) is 3.24. The van der Waals surface area contributed by atoms with Gasteiger partial charge in [0, 0.05) is 5.56 Å². The van der Waals surface area contributed by atoms with Crippen molar-refractivity contribution in [1.29, 1.82) is 0 Å². The number of amides is 1. The Labute approximate surface area is 106 Å². The third kappa shape index (κ3) is 1.69. The van der Waals surface area contributed by atoms with E-state index in [1.807, 2.05) is 54.6 Å². The fraction of sp³-hybridized carbons (Fsp3) is 0.133. The Morgan fingerprint density at radius 3 is 2.33 bits per heavy atom. The fourth-order valence-corrected chi connectivity index (χ4v) is 2.24. The zero-order chi connectivity index (χ0) is 12.5. The third-order valence-electron chi connectivity index (χ3n) is 3.24. The lowest BCUT2D eigenvalue weighted by Gasteiger charge is -2.37. The normalized spacial score (nSPS) is 18.6. The Morgan fingerprint density at radius 2 is 1.67 bits per heavy atom. The van der Waals surface area contributed by atoms with Gasteiger partial charge in [-0.1, -0.05) is 48.5 Å². The first kappa shape index (κ1) is 11.0. The molecule has 0 aromatic heterocycles. The summed E-state index contributed by atoms with van der Waals surface area (Å²) in [6.07, 6.45) is 0. The molecule has 1 aliphatic rings. The number of carbonyl (C=O) groups excluding carboxylic acids is 1. The molecule has 0 radical (unpaired) electrons. The number of benzene rings is 2. The lowest BCUT2D eigenvalue weighted by molar-refractivity contribution is -0.123. The number of nitrogens with two attached hydrogens (primary N) is 1. The Morgan fingerprint density at radius 1 is 1.00 bits per heavy atom. The number of hydrogen-bond donors (Lipinski definition) is 1. The van der Waals surface area contributed by atoms with Gasteiger partial charge in [-0.15, -0.1) is 0 Å². The molecule has 1 unspecified atom stereocenters. The molecule has 18 heavy (non-hydrogen) atoms. The Kier molecular flexibility index (Phi) is 2.61. The van der Waals surface area contributed by atoms with Crippen molar-refractivity contribution in [3.63, 3.8) is 0 Å². The molecule has 1 heterocycles. The highest BCUT2D eigenvalue weighted by Crippen LogP contribution is 2.33. The second-order valence-electron chi connectivity index (χ2n) is 4.44. The minimum absolute atomic E-state index is 0.00150. The largest absolute Gasteiger partial charge is 0.318 e. The second kappa shape index (κ2) is 4.27. The molecule has 2 aromatic rings. The van der Waals surface area contributed by atoms with Gasteiger partial charge in [0.2, 0.25) is 5.91 Å². The van der Waals surface area contributed by atoms with Crippen molar-refractivity contribution < 1.29 is 4.79 Å². The van der Waals surface area contributed by atoms with Crippen LogP contribution in [-0.4, -0.2) is 18.5 Å². The highest BCUT2D eigenvalue weighted by Gasteiger charge is 2.35. The average molecular weight is 238 g/mol. The quantitative estimate of drug-likeness (QED) is 0.814. The molecule has 2 aromatic carbocycles.